The summed E-state index contributed by atoms with van der Waals surface area (Å²) in [6.07, 6.45) is 1.78. The van der Waals surface area contributed by atoms with Gasteiger partial charge in [-0.1, -0.05) is 40.3 Å². The van der Waals surface area contributed by atoms with Crippen molar-refractivity contribution in [1.29, 1.82) is 0 Å². The Labute approximate surface area is 132 Å². The van der Waals surface area contributed by atoms with Gasteiger partial charge in [0.15, 0.2) is 0 Å². The van der Waals surface area contributed by atoms with E-state index in [1.54, 1.807) is 6.20 Å². The van der Waals surface area contributed by atoms with Crippen LogP contribution in [-0.2, 0) is 6.54 Å². The van der Waals surface area contributed by atoms with E-state index >= 15 is 0 Å². The van der Waals surface area contributed by atoms with E-state index in [1.807, 2.05) is 32.2 Å². The third-order valence-corrected chi connectivity index (χ3v) is 3.81. The van der Waals surface area contributed by atoms with E-state index in [1.165, 1.54) is 5.56 Å². The van der Waals surface area contributed by atoms with E-state index in [0.29, 0.717) is 4.99 Å². The molecule has 2 rings (SSSR count). The molecule has 0 aliphatic carbocycles. The Kier molecular flexibility index (Phi) is 4.73. The summed E-state index contributed by atoms with van der Waals surface area (Å²) in [5.41, 5.74) is 8.92. The molecule has 0 amide bonds. The minimum atomic E-state index is 0.383. The second kappa shape index (κ2) is 6.33. The molecule has 0 saturated carbocycles. The third-order valence-electron chi connectivity index (χ3n) is 3.08. The van der Waals surface area contributed by atoms with E-state index in [-0.39, 0.29) is 0 Å². The number of nitrogens with two attached hydrogens (primary N) is 1. The van der Waals surface area contributed by atoms with Crippen molar-refractivity contribution in [3.63, 3.8) is 0 Å². The van der Waals surface area contributed by atoms with Crippen LogP contribution in [0, 0.1) is 6.92 Å². The molecular formula is C15H16BrN3S. The van der Waals surface area contributed by atoms with E-state index in [9.17, 15) is 0 Å². The van der Waals surface area contributed by atoms with Gasteiger partial charge in [-0.2, -0.15) is 0 Å². The van der Waals surface area contributed by atoms with Gasteiger partial charge < -0.3 is 10.6 Å². The van der Waals surface area contributed by atoms with Crippen LogP contribution in [0.25, 0.3) is 0 Å². The molecule has 2 N–H and O–H groups in total. The second-order valence-electron chi connectivity index (χ2n) is 4.67. The number of benzene rings is 1. The number of hydrogen-bond donors (Lipinski definition) is 1. The molecule has 0 aliphatic rings. The lowest BCUT2D eigenvalue weighted by Gasteiger charge is -2.22. The molecule has 0 spiro atoms. The first kappa shape index (κ1) is 14.9. The lowest BCUT2D eigenvalue weighted by molar-refractivity contribution is 0.894. The second-order valence-corrected chi connectivity index (χ2v) is 6.03. The van der Waals surface area contributed by atoms with E-state index in [4.69, 9.17) is 18.0 Å². The zero-order chi connectivity index (χ0) is 14.7. The number of thiocarbonyl (C=S) groups is 1. The zero-order valence-corrected chi connectivity index (χ0v) is 13.8. The molecule has 1 heterocycles. The summed E-state index contributed by atoms with van der Waals surface area (Å²) in [6.45, 7) is 2.74. The van der Waals surface area contributed by atoms with Gasteiger partial charge >= 0.3 is 0 Å². The predicted octanol–water partition coefficient (Wildman–Crippen LogP) is 3.42. The van der Waals surface area contributed by atoms with Gasteiger partial charge in [-0.15, -0.1) is 0 Å². The summed E-state index contributed by atoms with van der Waals surface area (Å²) in [5, 5.41) is 0. The molecule has 3 nitrogen and oxygen atoms in total. The Hall–Kier alpha value is -1.46. The highest BCUT2D eigenvalue weighted by Crippen LogP contribution is 2.22. The maximum atomic E-state index is 5.83. The number of halogens is 1. The minimum absolute atomic E-state index is 0.383. The van der Waals surface area contributed by atoms with Crippen molar-refractivity contribution in [3.8, 4) is 0 Å². The van der Waals surface area contributed by atoms with Crippen LogP contribution in [0.3, 0.4) is 0 Å². The van der Waals surface area contributed by atoms with Crippen molar-refractivity contribution in [2.75, 3.05) is 11.9 Å². The predicted molar refractivity (Wildman–Crippen MR) is 91.1 cm³/mol. The number of rotatable bonds is 4. The molecule has 104 valence electrons. The third kappa shape index (κ3) is 3.35. The summed E-state index contributed by atoms with van der Waals surface area (Å²) in [4.78, 5) is 6.87. The molecular weight excluding hydrogens is 334 g/mol. The molecule has 0 bridgehead atoms. The standard InChI is InChI=1S/C15H16BrN3S/c1-10-7-8-18-15(13(10)14(17)20)19(2)9-11-3-5-12(16)6-4-11/h3-8H,9H2,1-2H3,(H2,17,20). The monoisotopic (exact) mass is 349 g/mol. The van der Waals surface area contributed by atoms with E-state index < -0.39 is 0 Å². The summed E-state index contributed by atoms with van der Waals surface area (Å²) < 4.78 is 1.07. The van der Waals surface area contributed by atoms with E-state index in [0.717, 1.165) is 28.0 Å². The Balaban J connectivity index is 2.29. The molecule has 0 atom stereocenters. The van der Waals surface area contributed by atoms with Crippen molar-refractivity contribution in [2.45, 2.75) is 13.5 Å². The Bertz CT molecular complexity index is 626. The Morgan fingerprint density at radius 3 is 2.55 bits per heavy atom. The van der Waals surface area contributed by atoms with Crippen LogP contribution >= 0.6 is 28.1 Å². The van der Waals surface area contributed by atoms with Crippen LogP contribution in [0.4, 0.5) is 5.82 Å². The fraction of sp³-hybridized carbons (Fsp3) is 0.200. The average Bonchev–Trinajstić information content (AvgIpc) is 2.40. The normalized spacial score (nSPS) is 10.3. The van der Waals surface area contributed by atoms with Gasteiger partial charge in [-0.05, 0) is 36.2 Å². The van der Waals surface area contributed by atoms with Crippen LogP contribution in [0.1, 0.15) is 16.7 Å². The number of aryl methyl sites for hydroxylation is 1. The van der Waals surface area contributed by atoms with Crippen molar-refractivity contribution >= 4 is 39.0 Å². The van der Waals surface area contributed by atoms with Gasteiger partial charge in [0.25, 0.3) is 0 Å². The summed E-state index contributed by atoms with van der Waals surface area (Å²) in [6, 6.07) is 10.1. The Morgan fingerprint density at radius 1 is 1.30 bits per heavy atom. The van der Waals surface area contributed by atoms with Gasteiger partial charge in [0.05, 0.1) is 5.56 Å². The maximum absolute atomic E-state index is 5.83. The van der Waals surface area contributed by atoms with Gasteiger partial charge in [0.1, 0.15) is 10.8 Å². The number of hydrogen-bond acceptors (Lipinski definition) is 3. The molecule has 2 aromatic rings. The van der Waals surface area contributed by atoms with Crippen LogP contribution in [0.5, 0.6) is 0 Å². The number of pyridine rings is 1. The highest BCUT2D eigenvalue weighted by molar-refractivity contribution is 9.10. The first-order valence-corrected chi connectivity index (χ1v) is 7.40. The average molecular weight is 350 g/mol. The number of nitrogens with zero attached hydrogens (tertiary/aromatic N) is 2. The van der Waals surface area contributed by atoms with Crippen LogP contribution in [0.2, 0.25) is 0 Å². The van der Waals surface area contributed by atoms with Gasteiger partial charge in [0.2, 0.25) is 0 Å². The summed E-state index contributed by atoms with van der Waals surface area (Å²) >= 11 is 8.58. The topological polar surface area (TPSA) is 42.2 Å². The van der Waals surface area contributed by atoms with Crippen LogP contribution in [-0.4, -0.2) is 17.0 Å². The fourth-order valence-electron chi connectivity index (χ4n) is 2.08. The molecule has 0 radical (unpaired) electrons. The first-order chi connectivity index (χ1) is 9.49. The van der Waals surface area contributed by atoms with Crippen molar-refractivity contribution in [2.24, 2.45) is 5.73 Å². The lowest BCUT2D eigenvalue weighted by atomic mass is 10.1. The highest BCUT2D eigenvalue weighted by atomic mass is 79.9. The molecule has 0 unspecified atom stereocenters. The minimum Gasteiger partial charge on any atom is -0.389 e. The van der Waals surface area contributed by atoms with Gasteiger partial charge in [-0.25, -0.2) is 4.98 Å². The smallest absolute Gasteiger partial charge is 0.139 e. The summed E-state index contributed by atoms with van der Waals surface area (Å²) in [5.74, 6) is 0.820. The summed E-state index contributed by atoms with van der Waals surface area (Å²) in [7, 11) is 1.99. The van der Waals surface area contributed by atoms with Gasteiger partial charge in [-0.3, -0.25) is 0 Å². The van der Waals surface area contributed by atoms with Crippen LogP contribution < -0.4 is 10.6 Å². The molecule has 5 heteroatoms. The van der Waals surface area contributed by atoms with Crippen molar-refractivity contribution in [3.05, 3.63) is 57.7 Å². The Morgan fingerprint density at radius 2 is 1.95 bits per heavy atom. The molecule has 0 saturated heterocycles. The quantitative estimate of drug-likeness (QED) is 0.858. The van der Waals surface area contributed by atoms with E-state index in [2.05, 4.69) is 37.9 Å². The SMILES string of the molecule is Cc1ccnc(N(C)Cc2ccc(Br)cc2)c1C(N)=S. The number of anilines is 1. The zero-order valence-electron chi connectivity index (χ0n) is 11.4. The molecule has 0 aliphatic heterocycles. The lowest BCUT2D eigenvalue weighted by Crippen LogP contribution is -2.23. The molecule has 1 aromatic heterocycles. The van der Waals surface area contributed by atoms with Crippen molar-refractivity contribution in [1.82, 2.24) is 4.98 Å². The van der Waals surface area contributed by atoms with Crippen molar-refractivity contribution < 1.29 is 0 Å². The molecule has 1 aromatic carbocycles. The molecule has 20 heavy (non-hydrogen) atoms. The number of aromatic nitrogens is 1. The maximum Gasteiger partial charge on any atom is 0.139 e. The van der Waals surface area contributed by atoms with Gasteiger partial charge in [0, 0.05) is 24.3 Å². The fourth-order valence-corrected chi connectivity index (χ4v) is 2.59. The van der Waals surface area contributed by atoms with Crippen LogP contribution in [0.15, 0.2) is 41.0 Å². The largest absolute Gasteiger partial charge is 0.389 e. The first-order valence-electron chi connectivity index (χ1n) is 6.20. The highest BCUT2D eigenvalue weighted by Gasteiger charge is 2.13. The molecule has 0 fully saturated rings.